The van der Waals surface area contributed by atoms with Gasteiger partial charge in [0.1, 0.15) is 5.82 Å². The molecule has 0 amide bonds. The summed E-state index contributed by atoms with van der Waals surface area (Å²) in [6, 6.07) is 0.333. The van der Waals surface area contributed by atoms with Crippen LogP contribution in [0, 0.1) is 0 Å². The normalized spacial score (nSPS) is 23.3. The smallest absolute Gasteiger partial charge is 0.360 e. The third-order valence-corrected chi connectivity index (χ3v) is 4.78. The van der Waals surface area contributed by atoms with Crippen molar-refractivity contribution >= 4 is 23.5 Å². The molecule has 0 aromatic carbocycles. The van der Waals surface area contributed by atoms with Crippen LogP contribution in [0.3, 0.4) is 0 Å². The van der Waals surface area contributed by atoms with Gasteiger partial charge >= 0.3 is 5.97 Å². The maximum atomic E-state index is 11.7. The summed E-state index contributed by atoms with van der Waals surface area (Å²) in [4.78, 5) is 15.9. The second-order valence-electron chi connectivity index (χ2n) is 4.73. The molecule has 1 aromatic heterocycles. The molecule has 106 valence electrons. The van der Waals surface area contributed by atoms with Crippen LogP contribution in [0.15, 0.2) is 6.33 Å². The van der Waals surface area contributed by atoms with Gasteiger partial charge in [0.15, 0.2) is 5.69 Å². The fourth-order valence-corrected chi connectivity index (χ4v) is 3.65. The Labute approximate surface area is 117 Å². The molecular formula is C13H21N3O2S. The standard InChI is InChI=1S/C13H21N3O2S/c1-3-18-13(17)11-12(14)16(8-15-11)9-6-4-5-7-10(9)19-2/h8-10H,3-7,14H2,1-2H3. The number of nitrogens with two attached hydrogens (primary N) is 1. The van der Waals surface area contributed by atoms with E-state index in [1.807, 2.05) is 16.3 Å². The second-order valence-corrected chi connectivity index (χ2v) is 5.81. The molecule has 1 fully saturated rings. The molecule has 0 radical (unpaired) electrons. The maximum Gasteiger partial charge on any atom is 0.360 e. The highest BCUT2D eigenvalue weighted by atomic mass is 32.2. The number of hydrogen-bond acceptors (Lipinski definition) is 5. The molecule has 0 saturated heterocycles. The van der Waals surface area contributed by atoms with E-state index in [9.17, 15) is 4.79 Å². The minimum Gasteiger partial charge on any atom is -0.461 e. The third kappa shape index (κ3) is 2.88. The first-order valence-electron chi connectivity index (χ1n) is 6.71. The van der Waals surface area contributed by atoms with Crippen molar-refractivity contribution in [2.75, 3.05) is 18.6 Å². The molecule has 1 aromatic rings. The summed E-state index contributed by atoms with van der Waals surface area (Å²) in [6.45, 7) is 2.11. The van der Waals surface area contributed by atoms with Gasteiger partial charge in [-0.2, -0.15) is 11.8 Å². The van der Waals surface area contributed by atoms with Crippen molar-refractivity contribution in [3.8, 4) is 0 Å². The number of carbonyl (C=O) groups is 1. The van der Waals surface area contributed by atoms with Crippen LogP contribution in [0.4, 0.5) is 5.82 Å². The predicted molar refractivity (Wildman–Crippen MR) is 77.4 cm³/mol. The van der Waals surface area contributed by atoms with Crippen molar-refractivity contribution in [2.24, 2.45) is 0 Å². The SMILES string of the molecule is CCOC(=O)c1ncn(C2CCCCC2SC)c1N. The van der Waals surface area contributed by atoms with Gasteiger partial charge in [0.25, 0.3) is 0 Å². The lowest BCUT2D eigenvalue weighted by atomic mass is 9.94. The van der Waals surface area contributed by atoms with E-state index >= 15 is 0 Å². The van der Waals surface area contributed by atoms with Crippen LogP contribution in [-0.2, 0) is 4.74 Å². The Bertz CT molecular complexity index is 447. The van der Waals surface area contributed by atoms with Gasteiger partial charge in [-0.05, 0) is 26.0 Å². The van der Waals surface area contributed by atoms with Crippen molar-refractivity contribution in [2.45, 2.75) is 43.9 Å². The molecular weight excluding hydrogens is 262 g/mol. The van der Waals surface area contributed by atoms with E-state index in [1.54, 1.807) is 13.3 Å². The van der Waals surface area contributed by atoms with E-state index in [0.717, 1.165) is 6.42 Å². The first-order valence-corrected chi connectivity index (χ1v) is 8.00. The number of ether oxygens (including phenoxy) is 1. The second kappa shape index (κ2) is 6.32. The van der Waals surface area contributed by atoms with Crippen LogP contribution < -0.4 is 5.73 Å². The van der Waals surface area contributed by atoms with E-state index in [0.29, 0.717) is 23.7 Å². The van der Waals surface area contributed by atoms with Gasteiger partial charge in [0, 0.05) is 11.3 Å². The Balaban J connectivity index is 2.23. The van der Waals surface area contributed by atoms with Crippen molar-refractivity contribution in [1.82, 2.24) is 9.55 Å². The van der Waals surface area contributed by atoms with Gasteiger partial charge in [-0.3, -0.25) is 0 Å². The number of imidazole rings is 1. The van der Waals surface area contributed by atoms with Crippen LogP contribution in [0.1, 0.15) is 49.1 Å². The van der Waals surface area contributed by atoms with Crippen LogP contribution in [0.2, 0.25) is 0 Å². The molecule has 1 heterocycles. The Hall–Kier alpha value is -1.17. The molecule has 19 heavy (non-hydrogen) atoms. The van der Waals surface area contributed by atoms with Gasteiger partial charge in [0.2, 0.25) is 0 Å². The number of aromatic nitrogens is 2. The van der Waals surface area contributed by atoms with Crippen molar-refractivity contribution in [3.63, 3.8) is 0 Å². The molecule has 1 saturated carbocycles. The molecule has 1 aliphatic rings. The van der Waals surface area contributed by atoms with Crippen LogP contribution in [-0.4, -0.2) is 33.6 Å². The summed E-state index contributed by atoms with van der Waals surface area (Å²) in [7, 11) is 0. The Morgan fingerprint density at radius 1 is 1.58 bits per heavy atom. The number of hydrogen-bond donors (Lipinski definition) is 1. The minimum absolute atomic E-state index is 0.243. The lowest BCUT2D eigenvalue weighted by molar-refractivity contribution is 0.0521. The lowest BCUT2D eigenvalue weighted by Gasteiger charge is -2.31. The first-order chi connectivity index (χ1) is 9.19. The maximum absolute atomic E-state index is 11.7. The van der Waals surface area contributed by atoms with Gasteiger partial charge in [0.05, 0.1) is 12.9 Å². The molecule has 0 bridgehead atoms. The number of carbonyl (C=O) groups excluding carboxylic acids is 1. The number of esters is 1. The fourth-order valence-electron chi connectivity index (χ4n) is 2.66. The largest absolute Gasteiger partial charge is 0.461 e. The molecule has 2 unspecified atom stereocenters. The number of anilines is 1. The third-order valence-electron chi connectivity index (χ3n) is 3.63. The number of rotatable bonds is 4. The van der Waals surface area contributed by atoms with Crippen molar-refractivity contribution < 1.29 is 9.53 Å². The Kier molecular flexibility index (Phi) is 4.74. The predicted octanol–water partition coefficient (Wildman–Crippen LogP) is 2.49. The summed E-state index contributed by atoms with van der Waals surface area (Å²) in [5.41, 5.74) is 6.32. The zero-order valence-electron chi connectivity index (χ0n) is 11.5. The van der Waals surface area contributed by atoms with Crippen LogP contribution in [0.5, 0.6) is 0 Å². The molecule has 0 spiro atoms. The average molecular weight is 283 g/mol. The summed E-state index contributed by atoms with van der Waals surface area (Å²) in [5.74, 6) is -0.000314. The van der Waals surface area contributed by atoms with Gasteiger partial charge in [-0.1, -0.05) is 12.8 Å². The quantitative estimate of drug-likeness (QED) is 0.860. The molecule has 2 atom stereocenters. The monoisotopic (exact) mass is 283 g/mol. The van der Waals surface area contributed by atoms with Crippen molar-refractivity contribution in [3.05, 3.63) is 12.0 Å². The van der Waals surface area contributed by atoms with Gasteiger partial charge in [-0.15, -0.1) is 0 Å². The highest BCUT2D eigenvalue weighted by Crippen LogP contribution is 2.37. The van der Waals surface area contributed by atoms with Crippen molar-refractivity contribution in [1.29, 1.82) is 0 Å². The van der Waals surface area contributed by atoms with E-state index < -0.39 is 5.97 Å². The lowest BCUT2D eigenvalue weighted by Crippen LogP contribution is -2.26. The van der Waals surface area contributed by atoms with E-state index in [1.165, 1.54) is 19.3 Å². The molecule has 1 aliphatic carbocycles. The molecule has 0 aliphatic heterocycles. The average Bonchev–Trinajstić information content (AvgIpc) is 2.80. The van der Waals surface area contributed by atoms with Crippen LogP contribution in [0.25, 0.3) is 0 Å². The summed E-state index contributed by atoms with van der Waals surface area (Å²) < 4.78 is 6.91. The first kappa shape index (κ1) is 14.2. The zero-order chi connectivity index (χ0) is 13.8. The Morgan fingerprint density at radius 2 is 2.32 bits per heavy atom. The zero-order valence-corrected chi connectivity index (χ0v) is 12.3. The number of thioether (sulfide) groups is 1. The van der Waals surface area contributed by atoms with E-state index in [-0.39, 0.29) is 5.69 Å². The fraction of sp³-hybridized carbons (Fsp3) is 0.692. The summed E-state index contributed by atoms with van der Waals surface area (Å²) in [5, 5.41) is 0.542. The van der Waals surface area contributed by atoms with E-state index in [4.69, 9.17) is 10.5 Å². The highest BCUT2D eigenvalue weighted by Gasteiger charge is 2.29. The molecule has 2 rings (SSSR count). The Morgan fingerprint density at radius 3 is 3.00 bits per heavy atom. The minimum atomic E-state index is -0.435. The van der Waals surface area contributed by atoms with Gasteiger partial charge in [-0.25, -0.2) is 9.78 Å². The summed E-state index contributed by atoms with van der Waals surface area (Å²) >= 11 is 1.86. The number of nitrogens with zero attached hydrogens (tertiary/aromatic N) is 2. The summed E-state index contributed by atoms with van der Waals surface area (Å²) in [6.07, 6.45) is 8.56. The molecule has 5 nitrogen and oxygen atoms in total. The molecule has 6 heteroatoms. The highest BCUT2D eigenvalue weighted by molar-refractivity contribution is 7.99. The number of nitrogen functional groups attached to an aromatic ring is 1. The molecule has 2 N–H and O–H groups in total. The topological polar surface area (TPSA) is 70.1 Å². The van der Waals surface area contributed by atoms with E-state index in [2.05, 4.69) is 11.2 Å². The van der Waals surface area contributed by atoms with Gasteiger partial charge < -0.3 is 15.0 Å². The van der Waals surface area contributed by atoms with Crippen LogP contribution >= 0.6 is 11.8 Å².